The molecule has 1 aromatic heterocycles. The molecule has 0 fully saturated rings. The molecule has 0 aliphatic rings. The third-order valence-corrected chi connectivity index (χ3v) is 3.45. The number of rotatable bonds is 8. The highest BCUT2D eigenvalue weighted by molar-refractivity contribution is 5.93. The van der Waals surface area contributed by atoms with E-state index in [1.807, 2.05) is 13.8 Å². The number of amides is 1. The average Bonchev–Trinajstić information content (AvgIpc) is 2.77. The maximum atomic E-state index is 12.0. The van der Waals surface area contributed by atoms with Crippen LogP contribution in [0.5, 0.6) is 0 Å². The van der Waals surface area contributed by atoms with Gasteiger partial charge in [-0.25, -0.2) is 0 Å². The molecule has 1 heterocycles. The van der Waals surface area contributed by atoms with Gasteiger partial charge >= 0.3 is 0 Å². The van der Waals surface area contributed by atoms with Crippen LogP contribution in [-0.2, 0) is 6.42 Å². The monoisotopic (exact) mass is 281 g/mol. The minimum Gasteiger partial charge on any atom is -0.360 e. The Morgan fingerprint density at radius 1 is 1.30 bits per heavy atom. The molecule has 5 heteroatoms. The van der Waals surface area contributed by atoms with Gasteiger partial charge in [-0.15, -0.1) is 0 Å². The van der Waals surface area contributed by atoms with Crippen LogP contribution in [0, 0.1) is 6.92 Å². The van der Waals surface area contributed by atoms with Crippen LogP contribution in [0.3, 0.4) is 0 Å². The van der Waals surface area contributed by atoms with Gasteiger partial charge in [0.25, 0.3) is 5.91 Å². The summed E-state index contributed by atoms with van der Waals surface area (Å²) in [6.45, 7) is 11.9. The Balaban J connectivity index is 2.45. The summed E-state index contributed by atoms with van der Waals surface area (Å²) in [4.78, 5) is 12.0. The van der Waals surface area contributed by atoms with Gasteiger partial charge < -0.3 is 15.2 Å². The van der Waals surface area contributed by atoms with E-state index in [4.69, 9.17) is 4.52 Å². The molecule has 1 aromatic rings. The van der Waals surface area contributed by atoms with Gasteiger partial charge in [0.1, 0.15) is 5.76 Å². The van der Waals surface area contributed by atoms with E-state index in [1.165, 1.54) is 0 Å². The van der Waals surface area contributed by atoms with Crippen molar-refractivity contribution in [3.8, 4) is 0 Å². The molecular weight excluding hydrogens is 254 g/mol. The molecule has 0 bridgehead atoms. The zero-order chi connectivity index (χ0) is 15.2. The number of carbonyl (C=O) groups excluding carboxylic acids is 1. The van der Waals surface area contributed by atoms with Crippen molar-refractivity contribution in [2.75, 3.05) is 13.1 Å². The first-order valence-electron chi connectivity index (χ1n) is 7.39. The minimum atomic E-state index is -0.155. The second-order valence-electron chi connectivity index (χ2n) is 5.75. The third-order valence-electron chi connectivity index (χ3n) is 3.45. The van der Waals surface area contributed by atoms with Gasteiger partial charge in [-0.1, -0.05) is 19.0 Å². The lowest BCUT2D eigenvalue weighted by atomic mass is 10.0. The molecule has 0 unspecified atom stereocenters. The lowest BCUT2D eigenvalue weighted by Crippen LogP contribution is -2.42. The maximum Gasteiger partial charge on any atom is 0.273 e. The van der Waals surface area contributed by atoms with Crippen LogP contribution in [0.25, 0.3) is 0 Å². The molecule has 20 heavy (non-hydrogen) atoms. The zero-order valence-corrected chi connectivity index (χ0v) is 13.3. The lowest BCUT2D eigenvalue weighted by molar-refractivity contribution is 0.0941. The second kappa shape index (κ2) is 7.43. The van der Waals surface area contributed by atoms with Gasteiger partial charge in [0.2, 0.25) is 0 Å². The van der Waals surface area contributed by atoms with Gasteiger partial charge in [0, 0.05) is 24.1 Å². The Labute approximate surface area is 121 Å². The largest absolute Gasteiger partial charge is 0.360 e. The normalized spacial score (nSPS) is 11.7. The Kier molecular flexibility index (Phi) is 6.20. The molecule has 0 aliphatic heterocycles. The van der Waals surface area contributed by atoms with Gasteiger partial charge in [-0.05, 0) is 40.2 Å². The molecule has 2 N–H and O–H groups in total. The standard InChI is InChI=1S/C15H27N3O2/c1-6-9-17-15(4,5)8-10-16-14(19)13-11(3)12(7-2)20-18-13/h17H,6-10H2,1-5H3,(H,16,19). The van der Waals surface area contributed by atoms with E-state index in [2.05, 4.69) is 36.6 Å². The van der Waals surface area contributed by atoms with E-state index in [-0.39, 0.29) is 11.4 Å². The predicted octanol–water partition coefficient (Wildman–Crippen LogP) is 2.44. The van der Waals surface area contributed by atoms with E-state index < -0.39 is 0 Å². The molecule has 1 amide bonds. The molecular formula is C15H27N3O2. The van der Waals surface area contributed by atoms with Crippen molar-refractivity contribution in [3.63, 3.8) is 0 Å². The van der Waals surface area contributed by atoms with Crippen molar-refractivity contribution >= 4 is 5.91 Å². The third kappa shape index (κ3) is 4.63. The van der Waals surface area contributed by atoms with Crippen molar-refractivity contribution < 1.29 is 9.32 Å². The highest BCUT2D eigenvalue weighted by Crippen LogP contribution is 2.13. The molecule has 5 nitrogen and oxygen atoms in total. The molecule has 0 radical (unpaired) electrons. The summed E-state index contributed by atoms with van der Waals surface area (Å²) in [5.41, 5.74) is 1.27. The summed E-state index contributed by atoms with van der Waals surface area (Å²) in [7, 11) is 0. The van der Waals surface area contributed by atoms with Crippen LogP contribution in [0.2, 0.25) is 0 Å². The fourth-order valence-corrected chi connectivity index (χ4v) is 2.04. The Hall–Kier alpha value is -1.36. The maximum absolute atomic E-state index is 12.0. The molecule has 0 aliphatic carbocycles. The fourth-order valence-electron chi connectivity index (χ4n) is 2.04. The first kappa shape index (κ1) is 16.7. The highest BCUT2D eigenvalue weighted by atomic mass is 16.5. The Morgan fingerprint density at radius 2 is 2.00 bits per heavy atom. The molecule has 0 spiro atoms. The zero-order valence-electron chi connectivity index (χ0n) is 13.3. The van der Waals surface area contributed by atoms with Crippen molar-refractivity contribution in [3.05, 3.63) is 17.0 Å². The second-order valence-corrected chi connectivity index (χ2v) is 5.75. The highest BCUT2D eigenvalue weighted by Gasteiger charge is 2.19. The number of hydrogen-bond acceptors (Lipinski definition) is 4. The summed E-state index contributed by atoms with van der Waals surface area (Å²) in [6, 6.07) is 0. The Morgan fingerprint density at radius 3 is 2.55 bits per heavy atom. The van der Waals surface area contributed by atoms with Crippen molar-refractivity contribution in [2.24, 2.45) is 0 Å². The molecule has 1 rings (SSSR count). The summed E-state index contributed by atoms with van der Waals surface area (Å²) >= 11 is 0. The van der Waals surface area contributed by atoms with Crippen LogP contribution in [0.4, 0.5) is 0 Å². The predicted molar refractivity (Wildman–Crippen MR) is 79.9 cm³/mol. The van der Waals surface area contributed by atoms with E-state index in [0.717, 1.165) is 37.1 Å². The van der Waals surface area contributed by atoms with Crippen LogP contribution < -0.4 is 10.6 Å². The number of nitrogens with one attached hydrogen (secondary N) is 2. The number of hydrogen-bond donors (Lipinski definition) is 2. The summed E-state index contributed by atoms with van der Waals surface area (Å²) in [6.07, 6.45) is 2.73. The fraction of sp³-hybridized carbons (Fsp3) is 0.733. The van der Waals surface area contributed by atoms with Gasteiger partial charge in [0.05, 0.1) is 0 Å². The van der Waals surface area contributed by atoms with E-state index in [0.29, 0.717) is 12.2 Å². The van der Waals surface area contributed by atoms with Crippen LogP contribution in [0.15, 0.2) is 4.52 Å². The smallest absolute Gasteiger partial charge is 0.273 e. The summed E-state index contributed by atoms with van der Waals surface area (Å²) < 4.78 is 5.14. The summed E-state index contributed by atoms with van der Waals surface area (Å²) in [5, 5.41) is 10.2. The number of aryl methyl sites for hydroxylation is 1. The van der Waals surface area contributed by atoms with Crippen LogP contribution in [0.1, 0.15) is 62.3 Å². The summed E-state index contributed by atoms with van der Waals surface area (Å²) in [5.74, 6) is 0.623. The van der Waals surface area contributed by atoms with E-state index in [9.17, 15) is 4.79 Å². The van der Waals surface area contributed by atoms with E-state index in [1.54, 1.807) is 0 Å². The van der Waals surface area contributed by atoms with Gasteiger partial charge in [-0.3, -0.25) is 4.79 Å². The van der Waals surface area contributed by atoms with Crippen LogP contribution in [-0.4, -0.2) is 29.7 Å². The molecule has 0 saturated heterocycles. The SMILES string of the molecule is CCCNC(C)(C)CCNC(=O)c1noc(CC)c1C. The van der Waals surface area contributed by atoms with Crippen molar-refractivity contribution in [2.45, 2.75) is 59.4 Å². The molecule has 0 aromatic carbocycles. The lowest BCUT2D eigenvalue weighted by Gasteiger charge is -2.26. The number of nitrogens with zero attached hydrogens (tertiary/aromatic N) is 1. The van der Waals surface area contributed by atoms with Crippen molar-refractivity contribution in [1.29, 1.82) is 0 Å². The average molecular weight is 281 g/mol. The quantitative estimate of drug-likeness (QED) is 0.768. The number of aromatic nitrogens is 1. The molecule has 0 saturated carbocycles. The first-order chi connectivity index (χ1) is 9.41. The minimum absolute atomic E-state index is 0.0245. The first-order valence-corrected chi connectivity index (χ1v) is 7.39. The van der Waals surface area contributed by atoms with Gasteiger partial charge in [-0.2, -0.15) is 0 Å². The van der Waals surface area contributed by atoms with Gasteiger partial charge in [0.15, 0.2) is 5.69 Å². The van der Waals surface area contributed by atoms with E-state index >= 15 is 0 Å². The number of carbonyl (C=O) groups is 1. The topological polar surface area (TPSA) is 67.2 Å². The molecule has 0 atom stereocenters. The van der Waals surface area contributed by atoms with Crippen molar-refractivity contribution in [1.82, 2.24) is 15.8 Å². The molecule has 114 valence electrons. The van der Waals surface area contributed by atoms with Crippen LogP contribution >= 0.6 is 0 Å². The Bertz CT molecular complexity index is 438.